The van der Waals surface area contributed by atoms with Crippen LogP contribution in [0, 0.1) is 17.1 Å². The molecule has 1 saturated heterocycles. The third-order valence-corrected chi connectivity index (χ3v) is 6.07. The van der Waals surface area contributed by atoms with E-state index in [1.807, 2.05) is 12.1 Å². The molecule has 3 aromatic rings. The Morgan fingerprint density at radius 1 is 1.16 bits per heavy atom. The van der Waals surface area contributed by atoms with Gasteiger partial charge in [-0.3, -0.25) is 9.47 Å². The number of nitrogens with zero attached hydrogens (tertiary/aromatic N) is 3. The number of carbonyl (C=O) groups excluding carboxylic acids is 1. The zero-order chi connectivity index (χ0) is 26.6. The number of rotatable bonds is 7. The van der Waals surface area contributed by atoms with Crippen molar-refractivity contribution in [2.75, 3.05) is 32.8 Å². The van der Waals surface area contributed by atoms with Gasteiger partial charge in [0.2, 0.25) is 0 Å². The van der Waals surface area contributed by atoms with Gasteiger partial charge in [0.1, 0.15) is 17.5 Å². The standard InChI is InChI=1S/C27H31FN4O5/c1-27(2,3)37-25(33)30-21(17-29)14-20-5-4-18(15-22(20)28)19-6-7-24-23(16-19)32(26(34)36-24)9-8-31-10-12-35-13-11-31/h4-7,15-16,21H,8-14H2,1-3H3,(H,30,33)/t21-/m0/s1. The second-order valence-corrected chi connectivity index (χ2v) is 9.99. The Kier molecular flexibility index (Phi) is 7.95. The predicted octanol–water partition coefficient (Wildman–Crippen LogP) is 3.69. The molecule has 1 aromatic heterocycles. The zero-order valence-electron chi connectivity index (χ0n) is 21.3. The van der Waals surface area contributed by atoms with Crippen molar-refractivity contribution in [3.05, 3.63) is 58.3 Å². The fourth-order valence-corrected chi connectivity index (χ4v) is 4.21. The van der Waals surface area contributed by atoms with Gasteiger partial charge in [0, 0.05) is 32.6 Å². The van der Waals surface area contributed by atoms with Gasteiger partial charge in [0.15, 0.2) is 5.58 Å². The summed E-state index contributed by atoms with van der Waals surface area (Å²) in [6, 6.07) is 11.0. The lowest BCUT2D eigenvalue weighted by Crippen LogP contribution is -2.39. The van der Waals surface area contributed by atoms with Crippen LogP contribution in [0.15, 0.2) is 45.6 Å². The zero-order valence-corrected chi connectivity index (χ0v) is 21.3. The van der Waals surface area contributed by atoms with Gasteiger partial charge in [-0.2, -0.15) is 5.26 Å². The largest absolute Gasteiger partial charge is 0.444 e. The lowest BCUT2D eigenvalue weighted by Gasteiger charge is -2.26. The highest BCUT2D eigenvalue weighted by atomic mass is 19.1. The second-order valence-electron chi connectivity index (χ2n) is 9.99. The molecule has 196 valence electrons. The molecular weight excluding hydrogens is 479 g/mol. The molecule has 0 spiro atoms. The minimum absolute atomic E-state index is 0.0102. The highest BCUT2D eigenvalue weighted by molar-refractivity contribution is 5.80. The smallest absolute Gasteiger partial charge is 0.419 e. The van der Waals surface area contributed by atoms with Gasteiger partial charge in [0.05, 0.1) is 24.8 Å². The van der Waals surface area contributed by atoms with E-state index < -0.39 is 29.3 Å². The van der Waals surface area contributed by atoms with Gasteiger partial charge in [-0.1, -0.05) is 18.2 Å². The van der Waals surface area contributed by atoms with E-state index in [1.54, 1.807) is 49.6 Å². The van der Waals surface area contributed by atoms with Crippen LogP contribution in [-0.4, -0.2) is 60.1 Å². The maximum atomic E-state index is 15.0. The fraction of sp³-hybridized carbons (Fsp3) is 0.444. The molecule has 0 bridgehead atoms. The van der Waals surface area contributed by atoms with E-state index in [0.29, 0.717) is 43.0 Å². The summed E-state index contributed by atoms with van der Waals surface area (Å²) in [4.78, 5) is 26.7. The molecule has 2 heterocycles. The van der Waals surface area contributed by atoms with Crippen LogP contribution in [0.4, 0.5) is 9.18 Å². The summed E-state index contributed by atoms with van der Waals surface area (Å²) in [7, 11) is 0. The Bertz CT molecular complexity index is 1360. The lowest BCUT2D eigenvalue weighted by molar-refractivity contribution is 0.0363. The number of nitriles is 1. The van der Waals surface area contributed by atoms with Crippen LogP contribution in [0.3, 0.4) is 0 Å². The average molecular weight is 511 g/mol. The molecule has 1 atom stereocenters. The van der Waals surface area contributed by atoms with Gasteiger partial charge in [-0.25, -0.2) is 14.0 Å². The molecule has 1 amide bonds. The normalized spacial score (nSPS) is 15.3. The molecule has 37 heavy (non-hydrogen) atoms. The molecule has 0 radical (unpaired) electrons. The third-order valence-electron chi connectivity index (χ3n) is 6.07. The van der Waals surface area contributed by atoms with Crippen molar-refractivity contribution < 1.29 is 23.1 Å². The molecule has 0 unspecified atom stereocenters. The number of ether oxygens (including phenoxy) is 2. The molecular formula is C27H31FN4O5. The summed E-state index contributed by atoms with van der Waals surface area (Å²) < 4.78 is 32.6. The van der Waals surface area contributed by atoms with Crippen molar-refractivity contribution in [3.8, 4) is 17.2 Å². The van der Waals surface area contributed by atoms with Gasteiger partial charge in [-0.05, 0) is 55.7 Å². The number of nitrogens with one attached hydrogen (secondary N) is 1. The number of halogens is 1. The Balaban J connectivity index is 1.50. The monoisotopic (exact) mass is 510 g/mol. The summed E-state index contributed by atoms with van der Waals surface area (Å²) in [6.07, 6.45) is -0.742. The molecule has 4 rings (SSSR count). The van der Waals surface area contributed by atoms with Gasteiger partial charge in [0.25, 0.3) is 0 Å². The maximum absolute atomic E-state index is 15.0. The van der Waals surface area contributed by atoms with E-state index >= 15 is 4.39 Å². The summed E-state index contributed by atoms with van der Waals surface area (Å²) in [6.45, 7) is 9.33. The number of oxazole rings is 1. The molecule has 0 aliphatic carbocycles. The summed E-state index contributed by atoms with van der Waals surface area (Å²) in [5.41, 5.74) is 2.04. The van der Waals surface area contributed by atoms with Crippen LogP contribution in [-0.2, 0) is 22.4 Å². The number of carbonyl (C=O) groups is 1. The summed E-state index contributed by atoms with van der Waals surface area (Å²) in [5, 5.41) is 11.9. The topological polar surface area (TPSA) is 110 Å². The Morgan fingerprint density at radius 2 is 1.86 bits per heavy atom. The first-order valence-electron chi connectivity index (χ1n) is 12.2. The number of hydrogen-bond acceptors (Lipinski definition) is 7. The summed E-state index contributed by atoms with van der Waals surface area (Å²) >= 11 is 0. The van der Waals surface area contributed by atoms with Crippen LogP contribution in [0.2, 0.25) is 0 Å². The summed E-state index contributed by atoms with van der Waals surface area (Å²) in [5.74, 6) is -0.928. The molecule has 9 nitrogen and oxygen atoms in total. The Morgan fingerprint density at radius 3 is 2.54 bits per heavy atom. The number of benzene rings is 2. The first-order chi connectivity index (χ1) is 17.6. The minimum atomic E-state index is -0.946. The first kappa shape index (κ1) is 26.4. The Labute approximate surface area is 214 Å². The lowest BCUT2D eigenvalue weighted by atomic mass is 10.00. The van der Waals surface area contributed by atoms with Gasteiger partial charge < -0.3 is 19.2 Å². The maximum Gasteiger partial charge on any atom is 0.419 e. The number of alkyl carbamates (subject to hydrolysis) is 1. The van der Waals surface area contributed by atoms with Crippen molar-refractivity contribution in [1.29, 1.82) is 5.26 Å². The predicted molar refractivity (Wildman–Crippen MR) is 136 cm³/mol. The van der Waals surface area contributed by atoms with Gasteiger partial charge in [-0.15, -0.1) is 0 Å². The number of hydrogen-bond donors (Lipinski definition) is 1. The highest BCUT2D eigenvalue weighted by Crippen LogP contribution is 2.26. The van der Waals surface area contributed by atoms with Crippen molar-refractivity contribution >= 4 is 17.2 Å². The van der Waals surface area contributed by atoms with Gasteiger partial charge >= 0.3 is 11.8 Å². The van der Waals surface area contributed by atoms with Crippen LogP contribution >= 0.6 is 0 Å². The average Bonchev–Trinajstić information content (AvgIpc) is 3.16. The van der Waals surface area contributed by atoms with E-state index in [0.717, 1.165) is 18.7 Å². The minimum Gasteiger partial charge on any atom is -0.444 e. The SMILES string of the molecule is CC(C)(C)OC(=O)N[C@H](C#N)Cc1ccc(-c2ccc3oc(=O)n(CCN4CCOCC4)c3c2)cc1F. The van der Waals surface area contributed by atoms with Crippen LogP contribution in [0.5, 0.6) is 0 Å². The third kappa shape index (κ3) is 6.76. The van der Waals surface area contributed by atoms with E-state index in [9.17, 15) is 14.9 Å². The first-order valence-corrected chi connectivity index (χ1v) is 12.2. The number of aromatic nitrogens is 1. The van der Waals surface area contributed by atoms with Crippen LogP contribution in [0.25, 0.3) is 22.2 Å². The molecule has 1 N–H and O–H groups in total. The number of fused-ring (bicyclic) bond motifs is 1. The van der Waals surface area contributed by atoms with E-state index in [-0.39, 0.29) is 12.0 Å². The van der Waals surface area contributed by atoms with Crippen LogP contribution < -0.4 is 11.1 Å². The number of morpholine rings is 1. The van der Waals surface area contributed by atoms with E-state index in [4.69, 9.17) is 13.9 Å². The van der Waals surface area contributed by atoms with E-state index in [1.165, 1.54) is 6.07 Å². The second kappa shape index (κ2) is 11.2. The van der Waals surface area contributed by atoms with E-state index in [2.05, 4.69) is 10.2 Å². The van der Waals surface area contributed by atoms with Crippen molar-refractivity contribution in [3.63, 3.8) is 0 Å². The highest BCUT2D eigenvalue weighted by Gasteiger charge is 2.21. The van der Waals surface area contributed by atoms with Crippen LogP contribution in [0.1, 0.15) is 26.3 Å². The molecule has 1 fully saturated rings. The van der Waals surface area contributed by atoms with Crippen molar-refractivity contribution in [2.45, 2.75) is 45.4 Å². The quantitative estimate of drug-likeness (QED) is 0.516. The molecule has 1 aliphatic heterocycles. The molecule has 10 heteroatoms. The van der Waals surface area contributed by atoms with Crippen molar-refractivity contribution in [1.82, 2.24) is 14.8 Å². The molecule has 1 aliphatic rings. The Hall–Kier alpha value is -3.68. The number of amides is 1. The molecule has 0 saturated carbocycles. The fourth-order valence-electron chi connectivity index (χ4n) is 4.21. The molecule has 2 aromatic carbocycles. The van der Waals surface area contributed by atoms with Crippen molar-refractivity contribution in [2.24, 2.45) is 0 Å².